The minimum absolute atomic E-state index is 0.0709. The number of thioether (sulfide) groups is 1. The van der Waals surface area contributed by atoms with E-state index in [9.17, 15) is 14.7 Å². The Morgan fingerprint density at radius 2 is 1.75 bits per heavy atom. The van der Waals surface area contributed by atoms with Crippen molar-refractivity contribution in [2.75, 3.05) is 18.1 Å². The topological polar surface area (TPSA) is 102 Å². The lowest BCUT2D eigenvalue weighted by atomic mass is 9.95. The number of carbonyl (C=O) groups excluding carboxylic acids is 2. The molecule has 0 bridgehead atoms. The maximum Gasteiger partial charge on any atom is 0.301 e. The Morgan fingerprint density at radius 3 is 2.52 bits per heavy atom. The van der Waals surface area contributed by atoms with Crippen LogP contribution in [0.5, 0.6) is 11.5 Å². The Labute approximate surface area is 292 Å². The molecule has 246 valence electrons. The quantitative estimate of drug-likeness (QED) is 0.0453. The fourth-order valence-corrected chi connectivity index (χ4v) is 7.51. The molecule has 2 heterocycles. The van der Waals surface area contributed by atoms with Gasteiger partial charge in [-0.25, -0.2) is 0 Å². The summed E-state index contributed by atoms with van der Waals surface area (Å²) in [5, 5.41) is 23.3. The molecule has 1 N–H and O–H groups in total. The number of Topliss-reactive ketones (excluding diaryl/α,β-unsaturated/α-hetero) is 1. The molecule has 1 aliphatic rings. The molecule has 5 aromatic rings. The number of halogens is 1. The lowest BCUT2D eigenvalue weighted by Gasteiger charge is -2.24. The highest BCUT2D eigenvalue weighted by molar-refractivity contribution is 8.00. The number of hydrogen-bond donors (Lipinski definition) is 1. The van der Waals surface area contributed by atoms with Crippen LogP contribution < -0.4 is 14.4 Å². The van der Waals surface area contributed by atoms with E-state index in [-0.39, 0.29) is 16.5 Å². The average Bonchev–Trinajstić information content (AvgIpc) is 3.65. The Morgan fingerprint density at radius 1 is 0.979 bits per heavy atom. The van der Waals surface area contributed by atoms with Crippen LogP contribution in [-0.4, -0.2) is 40.2 Å². The van der Waals surface area contributed by atoms with Gasteiger partial charge in [-0.05, 0) is 77.6 Å². The number of benzene rings is 4. The highest BCUT2D eigenvalue weighted by Crippen LogP contribution is 2.46. The molecule has 6 rings (SSSR count). The molecule has 0 spiro atoms. The number of aromatic nitrogens is 2. The highest BCUT2D eigenvalue weighted by atomic mass is 35.5. The molecule has 0 aliphatic carbocycles. The van der Waals surface area contributed by atoms with Crippen LogP contribution in [0.2, 0.25) is 5.02 Å². The second-order valence-electron chi connectivity index (χ2n) is 11.6. The van der Waals surface area contributed by atoms with E-state index >= 15 is 0 Å². The molecule has 1 atom stereocenters. The van der Waals surface area contributed by atoms with E-state index in [4.69, 9.17) is 21.1 Å². The smallest absolute Gasteiger partial charge is 0.301 e. The molecule has 8 nitrogen and oxygen atoms in total. The van der Waals surface area contributed by atoms with Gasteiger partial charge in [0.15, 0.2) is 15.8 Å². The van der Waals surface area contributed by atoms with E-state index in [0.717, 1.165) is 22.8 Å². The number of amides is 1. The van der Waals surface area contributed by atoms with Gasteiger partial charge in [0.2, 0.25) is 5.13 Å². The average molecular weight is 700 g/mol. The van der Waals surface area contributed by atoms with Gasteiger partial charge in [-0.2, -0.15) is 0 Å². The van der Waals surface area contributed by atoms with Crippen LogP contribution in [0.3, 0.4) is 0 Å². The SMILES string of the molecule is CCOc1cc(C2/C(=C(\O)c3ccc(Cl)cc3)C(=O)C(=O)N2c2nnc(SCc3cccc4ccccc34)s2)ccc1OCCC(C)C. The number of ether oxygens (including phenoxy) is 2. The summed E-state index contributed by atoms with van der Waals surface area (Å²) >= 11 is 8.82. The number of aliphatic hydroxyl groups excluding tert-OH is 1. The van der Waals surface area contributed by atoms with Crippen molar-refractivity contribution in [2.45, 2.75) is 43.3 Å². The first-order chi connectivity index (χ1) is 23.2. The van der Waals surface area contributed by atoms with Crippen LogP contribution in [0.4, 0.5) is 5.13 Å². The van der Waals surface area contributed by atoms with E-state index < -0.39 is 17.7 Å². The minimum atomic E-state index is -1.01. The second kappa shape index (κ2) is 14.8. The monoisotopic (exact) mass is 699 g/mol. The Bertz CT molecular complexity index is 1990. The molecular formula is C37H34ClN3O5S2. The number of aliphatic hydroxyl groups is 1. The fraction of sp³-hybridized carbons (Fsp3) is 0.243. The van der Waals surface area contributed by atoms with E-state index in [1.807, 2.05) is 25.1 Å². The molecule has 1 aliphatic heterocycles. The third-order valence-corrected chi connectivity index (χ3v) is 10.3. The van der Waals surface area contributed by atoms with Crippen LogP contribution in [0.25, 0.3) is 16.5 Å². The number of ketones is 1. The first-order valence-electron chi connectivity index (χ1n) is 15.6. The van der Waals surface area contributed by atoms with Crippen molar-refractivity contribution < 1.29 is 24.2 Å². The van der Waals surface area contributed by atoms with Crippen molar-refractivity contribution in [3.05, 3.63) is 112 Å². The number of fused-ring (bicyclic) bond motifs is 1. The highest BCUT2D eigenvalue weighted by Gasteiger charge is 2.48. The Kier molecular flexibility index (Phi) is 10.3. The standard InChI is InChI=1S/C37H34ClN3O5S2/c1-4-45-30-20-25(14-17-29(30)46-19-18-22(2)3)32-31(33(42)24-12-15-27(38)16-13-24)34(43)35(44)41(32)36-39-40-37(48-36)47-21-26-10-7-9-23-8-5-6-11-28(23)26/h5-17,20,22,32,42H,4,18-19,21H2,1-3H3/b33-31+. The van der Waals surface area contributed by atoms with Gasteiger partial charge < -0.3 is 14.6 Å². The van der Waals surface area contributed by atoms with Crippen molar-refractivity contribution in [3.63, 3.8) is 0 Å². The van der Waals surface area contributed by atoms with Crippen LogP contribution in [-0.2, 0) is 15.3 Å². The zero-order valence-electron chi connectivity index (χ0n) is 26.7. The molecule has 1 unspecified atom stereocenters. The van der Waals surface area contributed by atoms with Crippen molar-refractivity contribution in [1.29, 1.82) is 0 Å². The third kappa shape index (κ3) is 7.06. The number of carbonyl (C=O) groups is 2. The summed E-state index contributed by atoms with van der Waals surface area (Å²) in [4.78, 5) is 28.8. The van der Waals surface area contributed by atoms with Crippen molar-refractivity contribution in [2.24, 2.45) is 5.92 Å². The summed E-state index contributed by atoms with van der Waals surface area (Å²) < 4.78 is 12.6. The van der Waals surface area contributed by atoms with Gasteiger partial charge in [0.25, 0.3) is 5.78 Å². The number of anilines is 1. The molecule has 1 aromatic heterocycles. The van der Waals surface area contributed by atoms with Crippen LogP contribution in [0.1, 0.15) is 49.9 Å². The molecule has 4 aromatic carbocycles. The van der Waals surface area contributed by atoms with Crippen molar-refractivity contribution in [3.8, 4) is 11.5 Å². The summed E-state index contributed by atoms with van der Waals surface area (Å²) in [6.45, 7) is 7.01. The molecule has 1 amide bonds. The molecule has 1 fully saturated rings. The zero-order valence-corrected chi connectivity index (χ0v) is 29.1. The molecule has 0 saturated carbocycles. The van der Waals surface area contributed by atoms with Crippen LogP contribution >= 0.6 is 34.7 Å². The lowest BCUT2D eigenvalue weighted by molar-refractivity contribution is -0.132. The summed E-state index contributed by atoms with van der Waals surface area (Å²) in [5.74, 6) is 0.177. The first-order valence-corrected chi connectivity index (χ1v) is 17.8. The van der Waals surface area contributed by atoms with Gasteiger partial charge in [-0.3, -0.25) is 14.5 Å². The fourth-order valence-electron chi connectivity index (χ4n) is 5.51. The predicted molar refractivity (Wildman–Crippen MR) is 192 cm³/mol. The van der Waals surface area contributed by atoms with Gasteiger partial charge in [0.1, 0.15) is 5.76 Å². The normalized spacial score (nSPS) is 15.9. The van der Waals surface area contributed by atoms with Gasteiger partial charge in [-0.1, -0.05) is 97.1 Å². The van der Waals surface area contributed by atoms with Gasteiger partial charge in [-0.15, -0.1) is 10.2 Å². The summed E-state index contributed by atoms with van der Waals surface area (Å²) in [7, 11) is 0. The molecule has 0 radical (unpaired) electrons. The second-order valence-corrected chi connectivity index (χ2v) is 14.2. The minimum Gasteiger partial charge on any atom is -0.507 e. The molecular weight excluding hydrogens is 666 g/mol. The summed E-state index contributed by atoms with van der Waals surface area (Å²) in [5.41, 5.74) is 1.98. The van der Waals surface area contributed by atoms with Crippen molar-refractivity contribution >= 4 is 68.1 Å². The van der Waals surface area contributed by atoms with Gasteiger partial charge >= 0.3 is 5.91 Å². The van der Waals surface area contributed by atoms with E-state index in [2.05, 4.69) is 48.3 Å². The summed E-state index contributed by atoms with van der Waals surface area (Å²) in [6, 6.07) is 25.1. The number of nitrogens with zero attached hydrogens (tertiary/aromatic N) is 3. The zero-order chi connectivity index (χ0) is 33.8. The van der Waals surface area contributed by atoms with Gasteiger partial charge in [0.05, 0.1) is 24.8 Å². The van der Waals surface area contributed by atoms with Crippen LogP contribution in [0.15, 0.2) is 94.8 Å². The van der Waals surface area contributed by atoms with E-state index in [0.29, 0.717) is 56.9 Å². The third-order valence-electron chi connectivity index (χ3n) is 7.93. The summed E-state index contributed by atoms with van der Waals surface area (Å²) in [6.07, 6.45) is 0.868. The lowest BCUT2D eigenvalue weighted by Crippen LogP contribution is -2.29. The molecule has 11 heteroatoms. The maximum atomic E-state index is 13.8. The van der Waals surface area contributed by atoms with E-state index in [1.165, 1.54) is 28.0 Å². The van der Waals surface area contributed by atoms with E-state index in [1.54, 1.807) is 42.5 Å². The molecule has 48 heavy (non-hydrogen) atoms. The first kappa shape index (κ1) is 33.5. The molecule has 1 saturated heterocycles. The predicted octanol–water partition coefficient (Wildman–Crippen LogP) is 9.09. The number of hydrogen-bond acceptors (Lipinski definition) is 9. The maximum absolute atomic E-state index is 13.8. The Balaban J connectivity index is 1.38. The number of rotatable bonds is 12. The van der Waals surface area contributed by atoms with Crippen LogP contribution in [0, 0.1) is 5.92 Å². The Hall–Kier alpha value is -4.38. The van der Waals surface area contributed by atoms with Crippen molar-refractivity contribution in [1.82, 2.24) is 10.2 Å². The largest absolute Gasteiger partial charge is 0.507 e. The van der Waals surface area contributed by atoms with Gasteiger partial charge in [0, 0.05) is 16.3 Å².